The summed E-state index contributed by atoms with van der Waals surface area (Å²) in [4.78, 5) is 0. The first-order chi connectivity index (χ1) is 17.5. The molecule has 1 fully saturated rings. The van der Waals surface area contributed by atoms with Crippen LogP contribution in [0.4, 0.5) is 35.1 Å². The Morgan fingerprint density at radius 1 is 0.703 bits per heavy atom. The minimum atomic E-state index is -4.50. The molecule has 1 aliphatic rings. The summed E-state index contributed by atoms with van der Waals surface area (Å²) >= 11 is 0. The van der Waals surface area contributed by atoms with E-state index in [0.717, 1.165) is 24.5 Å². The summed E-state index contributed by atoms with van der Waals surface area (Å²) < 4.78 is 117. The molecule has 198 valence electrons. The Labute approximate surface area is 209 Å². The van der Waals surface area contributed by atoms with Crippen molar-refractivity contribution in [3.63, 3.8) is 0 Å². The predicted molar refractivity (Wildman–Crippen MR) is 122 cm³/mol. The Morgan fingerprint density at radius 3 is 1.84 bits per heavy atom. The van der Waals surface area contributed by atoms with Crippen molar-refractivity contribution in [2.45, 2.75) is 63.4 Å². The molecule has 4 rings (SSSR count). The van der Waals surface area contributed by atoms with Crippen LogP contribution in [0.15, 0.2) is 42.5 Å². The maximum atomic E-state index is 14.9. The number of halogens is 8. The first kappa shape index (κ1) is 26.9. The SMILES string of the molecule is CCCc1ccc(C2CCC(c3ccc(C(F)(F)Oc4cc(F)c(F)c(F)c4)c(F)c3F)CC2)c(F)c1. The Balaban J connectivity index is 1.49. The number of ether oxygens (including phenoxy) is 1. The lowest BCUT2D eigenvalue weighted by Gasteiger charge is -2.30. The van der Waals surface area contributed by atoms with Crippen LogP contribution in [-0.4, -0.2) is 0 Å². The third-order valence-corrected chi connectivity index (χ3v) is 6.84. The van der Waals surface area contributed by atoms with Crippen LogP contribution in [0.5, 0.6) is 5.75 Å². The van der Waals surface area contributed by atoms with Crippen LogP contribution in [-0.2, 0) is 12.5 Å². The highest BCUT2D eigenvalue weighted by atomic mass is 19.3. The molecule has 37 heavy (non-hydrogen) atoms. The van der Waals surface area contributed by atoms with Crippen molar-refractivity contribution in [2.24, 2.45) is 0 Å². The molecule has 1 aliphatic carbocycles. The average Bonchev–Trinajstić information content (AvgIpc) is 2.84. The second kappa shape index (κ2) is 10.7. The van der Waals surface area contributed by atoms with Gasteiger partial charge in [-0.3, -0.25) is 0 Å². The van der Waals surface area contributed by atoms with Gasteiger partial charge in [-0.1, -0.05) is 31.5 Å². The van der Waals surface area contributed by atoms with Gasteiger partial charge >= 0.3 is 6.11 Å². The molecular weight excluding hydrogens is 504 g/mol. The molecule has 3 aromatic rings. The molecule has 0 amide bonds. The number of alkyl halides is 2. The van der Waals surface area contributed by atoms with Crippen molar-refractivity contribution in [3.8, 4) is 5.75 Å². The van der Waals surface area contributed by atoms with Gasteiger partial charge in [0, 0.05) is 12.1 Å². The smallest absolute Gasteiger partial charge is 0.429 e. The minimum absolute atomic E-state index is 0.0895. The molecule has 0 heterocycles. The summed E-state index contributed by atoms with van der Waals surface area (Å²) in [5.41, 5.74) is -0.0775. The lowest BCUT2D eigenvalue weighted by atomic mass is 9.75. The molecule has 0 unspecified atom stereocenters. The van der Waals surface area contributed by atoms with Crippen LogP contribution in [0, 0.1) is 34.9 Å². The molecule has 0 aromatic heterocycles. The Bertz CT molecular complexity index is 1260. The molecule has 0 atom stereocenters. The van der Waals surface area contributed by atoms with E-state index in [0.29, 0.717) is 37.3 Å². The molecule has 3 aromatic carbocycles. The Morgan fingerprint density at radius 2 is 1.27 bits per heavy atom. The molecule has 9 heteroatoms. The van der Waals surface area contributed by atoms with E-state index in [1.54, 1.807) is 6.07 Å². The molecule has 0 N–H and O–H groups in total. The summed E-state index contributed by atoms with van der Waals surface area (Å²) in [6.45, 7) is 2.00. The number of hydrogen-bond donors (Lipinski definition) is 0. The fourth-order valence-electron chi connectivity index (χ4n) is 4.96. The van der Waals surface area contributed by atoms with E-state index in [1.807, 2.05) is 13.0 Å². The summed E-state index contributed by atoms with van der Waals surface area (Å²) in [6, 6.07) is 7.21. The monoisotopic (exact) mass is 528 g/mol. The van der Waals surface area contributed by atoms with Crippen molar-refractivity contribution in [2.75, 3.05) is 0 Å². The quantitative estimate of drug-likeness (QED) is 0.220. The van der Waals surface area contributed by atoms with Crippen molar-refractivity contribution in [1.82, 2.24) is 0 Å². The first-order valence-electron chi connectivity index (χ1n) is 12.0. The van der Waals surface area contributed by atoms with Gasteiger partial charge in [-0.15, -0.1) is 0 Å². The van der Waals surface area contributed by atoms with Crippen LogP contribution < -0.4 is 4.74 Å². The number of rotatable bonds is 7. The van der Waals surface area contributed by atoms with E-state index in [1.165, 1.54) is 6.07 Å². The summed E-state index contributed by atoms with van der Waals surface area (Å²) in [7, 11) is 0. The van der Waals surface area contributed by atoms with Crippen LogP contribution in [0.3, 0.4) is 0 Å². The van der Waals surface area contributed by atoms with Crippen LogP contribution in [0.1, 0.15) is 73.1 Å². The maximum Gasteiger partial charge on any atom is 0.429 e. The van der Waals surface area contributed by atoms with E-state index in [9.17, 15) is 35.1 Å². The molecule has 1 nitrogen and oxygen atoms in total. The van der Waals surface area contributed by atoms with Crippen LogP contribution in [0.2, 0.25) is 0 Å². The van der Waals surface area contributed by atoms with Crippen molar-refractivity contribution in [1.29, 1.82) is 0 Å². The lowest BCUT2D eigenvalue weighted by molar-refractivity contribution is -0.188. The van der Waals surface area contributed by atoms with Gasteiger partial charge in [0.2, 0.25) is 0 Å². The van der Waals surface area contributed by atoms with E-state index in [-0.39, 0.29) is 29.4 Å². The van der Waals surface area contributed by atoms with Gasteiger partial charge in [0.15, 0.2) is 29.1 Å². The van der Waals surface area contributed by atoms with Gasteiger partial charge in [0.25, 0.3) is 0 Å². The molecular formula is C28H24F8O. The number of aryl methyl sites for hydroxylation is 1. The fraction of sp³-hybridized carbons (Fsp3) is 0.357. The Kier molecular flexibility index (Phi) is 7.80. The van der Waals surface area contributed by atoms with E-state index >= 15 is 0 Å². The Hall–Kier alpha value is -3.10. The van der Waals surface area contributed by atoms with E-state index in [4.69, 9.17) is 0 Å². The zero-order valence-electron chi connectivity index (χ0n) is 19.9. The normalized spacial score (nSPS) is 18.2. The van der Waals surface area contributed by atoms with Gasteiger partial charge in [-0.2, -0.15) is 8.78 Å². The van der Waals surface area contributed by atoms with Gasteiger partial charge in [-0.05, 0) is 72.8 Å². The van der Waals surface area contributed by atoms with E-state index < -0.39 is 52.4 Å². The zero-order chi connectivity index (χ0) is 26.9. The molecule has 0 radical (unpaired) electrons. The fourth-order valence-corrected chi connectivity index (χ4v) is 4.96. The number of hydrogen-bond acceptors (Lipinski definition) is 1. The lowest BCUT2D eigenvalue weighted by Crippen LogP contribution is -2.25. The van der Waals surface area contributed by atoms with Crippen LogP contribution in [0.25, 0.3) is 0 Å². The summed E-state index contributed by atoms with van der Waals surface area (Å²) in [5, 5.41) is 0. The largest absolute Gasteiger partial charge is 0.429 e. The van der Waals surface area contributed by atoms with Gasteiger partial charge < -0.3 is 4.74 Å². The molecule has 0 saturated heterocycles. The maximum absolute atomic E-state index is 14.9. The second-order valence-corrected chi connectivity index (χ2v) is 9.30. The first-order valence-corrected chi connectivity index (χ1v) is 12.0. The van der Waals surface area contributed by atoms with Crippen molar-refractivity contribution < 1.29 is 39.9 Å². The highest BCUT2D eigenvalue weighted by Gasteiger charge is 2.40. The standard InChI is InChI=1S/C28H24F8O/c1-2-3-15-4-9-19(22(29)12-15)16-5-7-17(8-6-16)20-10-11-21(26(33)25(20)32)28(35,36)37-18-13-23(30)27(34)24(31)14-18/h4,9-14,16-17H,2-3,5-8H2,1H3. The molecule has 0 bridgehead atoms. The topological polar surface area (TPSA) is 9.23 Å². The highest BCUT2D eigenvalue weighted by Crippen LogP contribution is 2.43. The second-order valence-electron chi connectivity index (χ2n) is 9.30. The third-order valence-electron chi connectivity index (χ3n) is 6.84. The van der Waals surface area contributed by atoms with Gasteiger partial charge in [-0.25, -0.2) is 26.3 Å². The molecule has 0 aliphatic heterocycles. The average molecular weight is 528 g/mol. The van der Waals surface area contributed by atoms with Gasteiger partial charge in [0.1, 0.15) is 17.1 Å². The third kappa shape index (κ3) is 5.60. The zero-order valence-corrected chi connectivity index (χ0v) is 19.9. The van der Waals surface area contributed by atoms with Crippen molar-refractivity contribution in [3.05, 3.63) is 99.6 Å². The van der Waals surface area contributed by atoms with E-state index in [2.05, 4.69) is 4.74 Å². The van der Waals surface area contributed by atoms with Crippen LogP contribution >= 0.6 is 0 Å². The molecule has 1 saturated carbocycles. The van der Waals surface area contributed by atoms with Crippen molar-refractivity contribution >= 4 is 0 Å². The van der Waals surface area contributed by atoms with Gasteiger partial charge in [0.05, 0.1) is 0 Å². The highest BCUT2D eigenvalue weighted by molar-refractivity contribution is 5.34. The molecule has 0 spiro atoms. The summed E-state index contributed by atoms with van der Waals surface area (Å²) in [6.07, 6.45) is -1.01. The minimum Gasteiger partial charge on any atom is -0.429 e. The number of benzene rings is 3. The summed E-state index contributed by atoms with van der Waals surface area (Å²) in [5.74, 6) is -10.7. The predicted octanol–water partition coefficient (Wildman–Crippen LogP) is 9.04.